The van der Waals surface area contributed by atoms with E-state index in [9.17, 15) is 9.59 Å². The molecule has 1 atom stereocenters. The van der Waals surface area contributed by atoms with Crippen molar-refractivity contribution in [3.05, 3.63) is 30.1 Å². The van der Waals surface area contributed by atoms with E-state index in [0.717, 1.165) is 24.9 Å². The van der Waals surface area contributed by atoms with Crippen LogP contribution < -0.4 is 10.6 Å². The van der Waals surface area contributed by atoms with Crippen LogP contribution in [-0.2, 0) is 11.3 Å². The molecule has 2 heterocycles. The fraction of sp³-hybridized carbons (Fsp3) is 0.500. The smallest absolute Gasteiger partial charge is 0.317 e. The molecule has 1 aromatic rings. The van der Waals surface area contributed by atoms with E-state index in [2.05, 4.69) is 15.6 Å². The Morgan fingerprint density at radius 3 is 3.05 bits per heavy atom. The van der Waals surface area contributed by atoms with Gasteiger partial charge in [-0.2, -0.15) is 0 Å². The van der Waals surface area contributed by atoms with Gasteiger partial charge in [-0.15, -0.1) is 0 Å². The third-order valence-corrected chi connectivity index (χ3v) is 3.28. The highest BCUT2D eigenvalue weighted by atomic mass is 16.2. The van der Waals surface area contributed by atoms with Gasteiger partial charge in [-0.25, -0.2) is 4.79 Å². The minimum atomic E-state index is -0.0936. The lowest BCUT2D eigenvalue weighted by molar-refractivity contribution is -0.119. The summed E-state index contributed by atoms with van der Waals surface area (Å²) in [7, 11) is 0. The van der Waals surface area contributed by atoms with Crippen molar-refractivity contribution in [3.63, 3.8) is 0 Å². The van der Waals surface area contributed by atoms with Crippen LogP contribution in [0.1, 0.15) is 25.3 Å². The Bertz CT molecular complexity index is 464. The lowest BCUT2D eigenvalue weighted by Gasteiger charge is -2.33. The molecule has 6 nitrogen and oxygen atoms in total. The zero-order valence-electron chi connectivity index (χ0n) is 11.6. The molecule has 0 bridgehead atoms. The van der Waals surface area contributed by atoms with Gasteiger partial charge in [0, 0.05) is 45.0 Å². The summed E-state index contributed by atoms with van der Waals surface area (Å²) in [4.78, 5) is 28.9. The van der Waals surface area contributed by atoms with E-state index < -0.39 is 0 Å². The van der Waals surface area contributed by atoms with Gasteiger partial charge in [0.15, 0.2) is 0 Å². The first-order valence-electron chi connectivity index (χ1n) is 6.84. The van der Waals surface area contributed by atoms with Gasteiger partial charge in [0.05, 0.1) is 0 Å². The number of rotatable bonds is 3. The molecule has 2 rings (SSSR count). The van der Waals surface area contributed by atoms with Crippen LogP contribution >= 0.6 is 0 Å². The average Bonchev–Trinajstić information content (AvgIpc) is 2.45. The van der Waals surface area contributed by atoms with Crippen molar-refractivity contribution in [1.82, 2.24) is 20.5 Å². The number of amides is 3. The molecule has 3 amide bonds. The first-order valence-corrected chi connectivity index (χ1v) is 6.84. The van der Waals surface area contributed by atoms with Gasteiger partial charge in [-0.05, 0) is 24.5 Å². The molecule has 0 aliphatic carbocycles. The van der Waals surface area contributed by atoms with Gasteiger partial charge < -0.3 is 15.5 Å². The van der Waals surface area contributed by atoms with Crippen molar-refractivity contribution in [1.29, 1.82) is 0 Å². The maximum atomic E-state index is 12.1. The number of aromatic nitrogens is 1. The number of nitrogens with one attached hydrogen (secondary N) is 2. The molecular weight excluding hydrogens is 256 g/mol. The summed E-state index contributed by atoms with van der Waals surface area (Å²) < 4.78 is 0. The molecule has 108 valence electrons. The predicted molar refractivity (Wildman–Crippen MR) is 74.9 cm³/mol. The topological polar surface area (TPSA) is 74.3 Å². The number of hydrogen-bond donors (Lipinski definition) is 2. The molecule has 0 unspecified atom stereocenters. The average molecular weight is 276 g/mol. The second kappa shape index (κ2) is 6.88. The molecule has 0 saturated carbocycles. The van der Waals surface area contributed by atoms with Gasteiger partial charge in [0.1, 0.15) is 0 Å². The zero-order valence-corrected chi connectivity index (χ0v) is 11.6. The third-order valence-electron chi connectivity index (χ3n) is 3.28. The van der Waals surface area contributed by atoms with Crippen LogP contribution in [0.25, 0.3) is 0 Å². The highest BCUT2D eigenvalue weighted by Crippen LogP contribution is 2.10. The van der Waals surface area contributed by atoms with Crippen molar-refractivity contribution in [3.8, 4) is 0 Å². The minimum absolute atomic E-state index is 0.0485. The van der Waals surface area contributed by atoms with Crippen molar-refractivity contribution >= 4 is 11.9 Å². The minimum Gasteiger partial charge on any atom is -0.352 e. The van der Waals surface area contributed by atoms with Gasteiger partial charge in [-0.1, -0.05) is 6.07 Å². The molecule has 0 spiro atoms. The number of likely N-dealkylation sites (tertiary alicyclic amines) is 1. The fourth-order valence-electron chi connectivity index (χ4n) is 2.36. The molecular formula is C14H20N4O2. The summed E-state index contributed by atoms with van der Waals surface area (Å²) >= 11 is 0. The summed E-state index contributed by atoms with van der Waals surface area (Å²) in [5, 5.41) is 5.75. The number of hydrogen-bond acceptors (Lipinski definition) is 3. The first-order chi connectivity index (χ1) is 9.65. The maximum Gasteiger partial charge on any atom is 0.317 e. The van der Waals surface area contributed by atoms with E-state index in [4.69, 9.17) is 0 Å². The summed E-state index contributed by atoms with van der Waals surface area (Å²) in [5.74, 6) is -0.0485. The SMILES string of the molecule is CC(=O)N[C@H]1CCCN(C(=O)NCc2cccnc2)C1. The number of piperidine rings is 1. The summed E-state index contributed by atoms with van der Waals surface area (Å²) in [6.45, 7) is 3.27. The molecule has 0 aromatic carbocycles. The van der Waals surface area contributed by atoms with Crippen molar-refractivity contribution in [2.24, 2.45) is 0 Å². The molecule has 1 fully saturated rings. The molecule has 20 heavy (non-hydrogen) atoms. The largest absolute Gasteiger partial charge is 0.352 e. The predicted octanol–water partition coefficient (Wildman–Crippen LogP) is 0.892. The normalized spacial score (nSPS) is 18.4. The van der Waals surface area contributed by atoms with Gasteiger partial charge in [0.25, 0.3) is 0 Å². The van der Waals surface area contributed by atoms with Crippen LogP contribution in [0.2, 0.25) is 0 Å². The fourth-order valence-corrected chi connectivity index (χ4v) is 2.36. The monoisotopic (exact) mass is 276 g/mol. The van der Waals surface area contributed by atoms with E-state index in [1.54, 1.807) is 17.3 Å². The Morgan fingerprint density at radius 2 is 2.35 bits per heavy atom. The van der Waals surface area contributed by atoms with E-state index in [-0.39, 0.29) is 18.0 Å². The highest BCUT2D eigenvalue weighted by molar-refractivity contribution is 5.75. The number of carbonyl (C=O) groups is 2. The maximum absolute atomic E-state index is 12.1. The van der Waals surface area contributed by atoms with Crippen LogP contribution in [0.5, 0.6) is 0 Å². The van der Waals surface area contributed by atoms with E-state index in [1.807, 2.05) is 12.1 Å². The summed E-state index contributed by atoms with van der Waals surface area (Å²) in [6.07, 6.45) is 5.27. The Hall–Kier alpha value is -2.11. The third kappa shape index (κ3) is 4.22. The first kappa shape index (κ1) is 14.3. The lowest BCUT2D eigenvalue weighted by atomic mass is 10.1. The quantitative estimate of drug-likeness (QED) is 0.861. The zero-order chi connectivity index (χ0) is 14.4. The second-order valence-electron chi connectivity index (χ2n) is 5.01. The number of nitrogens with zero attached hydrogens (tertiary/aromatic N) is 2. The number of carbonyl (C=O) groups excluding carboxylic acids is 2. The Morgan fingerprint density at radius 1 is 1.50 bits per heavy atom. The van der Waals surface area contributed by atoms with Gasteiger partial charge in [-0.3, -0.25) is 9.78 Å². The molecule has 1 aromatic heterocycles. The Labute approximate surface area is 118 Å². The van der Waals surface area contributed by atoms with Gasteiger partial charge in [0.2, 0.25) is 5.91 Å². The summed E-state index contributed by atoms with van der Waals surface area (Å²) in [6, 6.07) is 3.73. The van der Waals surface area contributed by atoms with Crippen LogP contribution in [0.15, 0.2) is 24.5 Å². The number of urea groups is 1. The van der Waals surface area contributed by atoms with E-state index in [1.165, 1.54) is 6.92 Å². The molecule has 0 radical (unpaired) electrons. The van der Waals surface area contributed by atoms with E-state index in [0.29, 0.717) is 13.1 Å². The van der Waals surface area contributed by atoms with Crippen LogP contribution in [-0.4, -0.2) is 41.0 Å². The van der Waals surface area contributed by atoms with Gasteiger partial charge >= 0.3 is 6.03 Å². The highest BCUT2D eigenvalue weighted by Gasteiger charge is 2.23. The standard InChI is InChI=1S/C14H20N4O2/c1-11(19)17-13-5-3-7-18(10-13)14(20)16-9-12-4-2-6-15-8-12/h2,4,6,8,13H,3,5,7,9-10H2,1H3,(H,16,20)(H,17,19)/t13-/m0/s1. The molecule has 1 aliphatic rings. The molecule has 1 saturated heterocycles. The lowest BCUT2D eigenvalue weighted by Crippen LogP contribution is -2.51. The number of pyridine rings is 1. The van der Waals surface area contributed by atoms with Crippen LogP contribution in [0.3, 0.4) is 0 Å². The Balaban J connectivity index is 1.81. The second-order valence-corrected chi connectivity index (χ2v) is 5.01. The van der Waals surface area contributed by atoms with Crippen LogP contribution in [0, 0.1) is 0 Å². The summed E-state index contributed by atoms with van der Waals surface area (Å²) in [5.41, 5.74) is 0.969. The van der Waals surface area contributed by atoms with Crippen LogP contribution in [0.4, 0.5) is 4.79 Å². The molecule has 6 heteroatoms. The van der Waals surface area contributed by atoms with Crippen molar-refractivity contribution in [2.45, 2.75) is 32.4 Å². The van der Waals surface area contributed by atoms with Crippen molar-refractivity contribution in [2.75, 3.05) is 13.1 Å². The van der Waals surface area contributed by atoms with Crippen molar-refractivity contribution < 1.29 is 9.59 Å². The molecule has 2 N–H and O–H groups in total. The van der Waals surface area contributed by atoms with E-state index >= 15 is 0 Å². The molecule has 1 aliphatic heterocycles. The Kier molecular flexibility index (Phi) is 4.92.